The van der Waals surface area contributed by atoms with Crippen molar-refractivity contribution in [1.82, 2.24) is 0 Å². The van der Waals surface area contributed by atoms with Crippen molar-refractivity contribution in [3.8, 4) is 0 Å². The lowest BCUT2D eigenvalue weighted by Crippen LogP contribution is -2.67. The van der Waals surface area contributed by atoms with Crippen LogP contribution < -0.4 is 0 Å². The molecule has 10 atom stereocenters. The molecule has 186 valence electrons. The Kier molecular flexibility index (Phi) is 5.15. The Balaban J connectivity index is 1.57. The molecule has 5 rings (SSSR count). The number of aliphatic hydroxyl groups is 1. The van der Waals surface area contributed by atoms with Crippen molar-refractivity contribution in [3.63, 3.8) is 0 Å². The largest absolute Gasteiger partial charge is 0.481 e. The molecule has 5 saturated carbocycles. The molecule has 0 aliphatic heterocycles. The average Bonchev–Trinajstić information content (AvgIpc) is 3.13. The molecular formula is C30H48O3. The van der Waals surface area contributed by atoms with E-state index >= 15 is 0 Å². The number of rotatable bonds is 2. The highest BCUT2D eigenvalue weighted by Gasteiger charge is 2.71. The van der Waals surface area contributed by atoms with E-state index in [1.807, 2.05) is 0 Å². The van der Waals surface area contributed by atoms with E-state index < -0.39 is 11.4 Å². The minimum absolute atomic E-state index is 0.0202. The molecular weight excluding hydrogens is 408 g/mol. The second-order valence-electron chi connectivity index (χ2n) is 14.5. The maximum Gasteiger partial charge on any atom is 0.309 e. The first-order valence-electron chi connectivity index (χ1n) is 13.8. The van der Waals surface area contributed by atoms with Crippen molar-refractivity contribution in [2.24, 2.45) is 56.7 Å². The molecule has 3 heteroatoms. The van der Waals surface area contributed by atoms with Gasteiger partial charge in [-0.25, -0.2) is 0 Å². The molecule has 0 aromatic carbocycles. The fraction of sp³-hybridized carbons (Fsp3) is 0.900. The second-order valence-corrected chi connectivity index (χ2v) is 14.5. The quantitative estimate of drug-likeness (QED) is 0.436. The van der Waals surface area contributed by atoms with Crippen molar-refractivity contribution in [3.05, 3.63) is 12.2 Å². The zero-order valence-electron chi connectivity index (χ0n) is 22.0. The number of aliphatic carboxylic acids is 1. The van der Waals surface area contributed by atoms with Gasteiger partial charge < -0.3 is 10.2 Å². The molecule has 33 heavy (non-hydrogen) atoms. The van der Waals surface area contributed by atoms with Crippen LogP contribution >= 0.6 is 0 Å². The minimum atomic E-state index is -0.538. The smallest absolute Gasteiger partial charge is 0.309 e. The standard InChI is InChI=1S/C30H48O3/c1-18(2)19-10-15-30(25(32)33)17-16-28(6)20(24(19)30)8-9-22-27(5)13-12-23(31)26(3,4)21(27)11-14-29(22,28)7/h19-24,31H,1,8-17H2,2-7H3,(H,32,33)/t19?,20?,21?,22?,23?,24?,27?,28-,29?,30?/m1/s1. The molecule has 5 fully saturated rings. The highest BCUT2D eigenvalue weighted by atomic mass is 16.4. The molecule has 0 aromatic rings. The average molecular weight is 457 g/mol. The van der Waals surface area contributed by atoms with Crippen molar-refractivity contribution < 1.29 is 15.0 Å². The topological polar surface area (TPSA) is 57.5 Å². The fourth-order valence-electron chi connectivity index (χ4n) is 11.5. The normalized spacial score (nSPS) is 55.0. The Labute approximate surface area is 201 Å². The SMILES string of the molecule is C=C(C)C1CCC2(C(=O)O)CC[C@]3(C)C(CCC4C5(C)CCC(O)C(C)(C)C5CCC43C)C12. The van der Waals surface area contributed by atoms with Gasteiger partial charge in [0, 0.05) is 0 Å². The third kappa shape index (κ3) is 2.75. The van der Waals surface area contributed by atoms with Crippen LogP contribution in [0.2, 0.25) is 0 Å². The lowest BCUT2D eigenvalue weighted by atomic mass is 9.32. The summed E-state index contributed by atoms with van der Waals surface area (Å²) in [5.41, 5.74) is 1.35. The van der Waals surface area contributed by atoms with E-state index in [2.05, 4.69) is 48.1 Å². The van der Waals surface area contributed by atoms with E-state index in [-0.39, 0.29) is 33.7 Å². The van der Waals surface area contributed by atoms with Gasteiger partial charge in [0.2, 0.25) is 0 Å². The molecule has 0 saturated heterocycles. The molecule has 0 heterocycles. The summed E-state index contributed by atoms with van der Waals surface area (Å²) in [7, 11) is 0. The molecule has 0 radical (unpaired) electrons. The fourth-order valence-corrected chi connectivity index (χ4v) is 11.5. The lowest BCUT2D eigenvalue weighted by Gasteiger charge is -2.72. The predicted octanol–water partition coefficient (Wildman–Crippen LogP) is 7.09. The van der Waals surface area contributed by atoms with Crippen LogP contribution in [0.1, 0.15) is 106 Å². The Morgan fingerprint density at radius 2 is 1.52 bits per heavy atom. The summed E-state index contributed by atoms with van der Waals surface area (Å²) in [4.78, 5) is 12.8. The Hall–Kier alpha value is -0.830. The molecule has 3 nitrogen and oxygen atoms in total. The molecule has 2 N–H and O–H groups in total. The van der Waals surface area contributed by atoms with Crippen LogP contribution in [0.5, 0.6) is 0 Å². The second kappa shape index (κ2) is 7.11. The van der Waals surface area contributed by atoms with Crippen LogP contribution in [0, 0.1) is 56.7 Å². The maximum absolute atomic E-state index is 12.8. The summed E-state index contributed by atoms with van der Waals surface area (Å²) in [5, 5.41) is 21.4. The van der Waals surface area contributed by atoms with Gasteiger partial charge in [-0.2, -0.15) is 0 Å². The Morgan fingerprint density at radius 3 is 2.15 bits per heavy atom. The van der Waals surface area contributed by atoms with Crippen molar-refractivity contribution in [2.75, 3.05) is 0 Å². The molecule has 0 aromatic heterocycles. The molecule has 0 amide bonds. The van der Waals surface area contributed by atoms with Crippen LogP contribution in [0.3, 0.4) is 0 Å². The predicted molar refractivity (Wildman–Crippen MR) is 133 cm³/mol. The number of hydrogen-bond acceptors (Lipinski definition) is 2. The molecule has 9 unspecified atom stereocenters. The van der Waals surface area contributed by atoms with Gasteiger partial charge in [0.1, 0.15) is 0 Å². The van der Waals surface area contributed by atoms with Gasteiger partial charge in [-0.3, -0.25) is 4.79 Å². The molecule has 5 aliphatic rings. The van der Waals surface area contributed by atoms with E-state index in [1.54, 1.807) is 0 Å². The summed E-state index contributed by atoms with van der Waals surface area (Å²) in [6.45, 7) is 18.8. The van der Waals surface area contributed by atoms with E-state index in [0.29, 0.717) is 23.7 Å². The lowest BCUT2D eigenvalue weighted by molar-refractivity contribution is -0.248. The van der Waals surface area contributed by atoms with Gasteiger partial charge >= 0.3 is 5.97 Å². The van der Waals surface area contributed by atoms with Crippen molar-refractivity contribution >= 4 is 5.97 Å². The molecule has 0 bridgehead atoms. The Bertz CT molecular complexity index is 861. The van der Waals surface area contributed by atoms with Crippen LogP contribution in [-0.4, -0.2) is 22.3 Å². The van der Waals surface area contributed by atoms with E-state index in [1.165, 1.54) is 31.3 Å². The highest BCUT2D eigenvalue weighted by molar-refractivity contribution is 5.76. The first kappa shape index (κ1) is 23.9. The van der Waals surface area contributed by atoms with E-state index in [0.717, 1.165) is 38.5 Å². The van der Waals surface area contributed by atoms with Gasteiger partial charge in [-0.15, -0.1) is 0 Å². The molecule has 0 spiro atoms. The summed E-state index contributed by atoms with van der Waals surface area (Å²) in [6.07, 6.45) is 10.5. The van der Waals surface area contributed by atoms with E-state index in [9.17, 15) is 15.0 Å². The Morgan fingerprint density at radius 1 is 0.818 bits per heavy atom. The monoisotopic (exact) mass is 456 g/mol. The number of carbonyl (C=O) groups is 1. The zero-order chi connectivity index (χ0) is 24.2. The van der Waals surface area contributed by atoms with Gasteiger partial charge in [-0.1, -0.05) is 46.8 Å². The van der Waals surface area contributed by atoms with Crippen LogP contribution in [0.4, 0.5) is 0 Å². The van der Waals surface area contributed by atoms with Gasteiger partial charge in [0.15, 0.2) is 0 Å². The number of aliphatic hydroxyl groups excluding tert-OH is 1. The third-order valence-electron chi connectivity index (χ3n) is 13.5. The first-order chi connectivity index (χ1) is 15.3. The minimum Gasteiger partial charge on any atom is -0.481 e. The number of allylic oxidation sites excluding steroid dienone is 1. The number of carboxylic acids is 1. The van der Waals surface area contributed by atoms with Gasteiger partial charge in [-0.05, 0) is 122 Å². The third-order valence-corrected chi connectivity index (χ3v) is 13.5. The van der Waals surface area contributed by atoms with Crippen LogP contribution in [0.25, 0.3) is 0 Å². The van der Waals surface area contributed by atoms with Gasteiger partial charge in [0.25, 0.3) is 0 Å². The number of hydrogen-bond donors (Lipinski definition) is 2. The van der Waals surface area contributed by atoms with Crippen molar-refractivity contribution in [2.45, 2.75) is 112 Å². The molecule has 5 aliphatic carbocycles. The summed E-state index contributed by atoms with van der Waals surface area (Å²) in [6, 6.07) is 0. The maximum atomic E-state index is 12.8. The van der Waals surface area contributed by atoms with Gasteiger partial charge in [0.05, 0.1) is 11.5 Å². The highest BCUT2D eigenvalue weighted by Crippen LogP contribution is 2.77. The van der Waals surface area contributed by atoms with Crippen LogP contribution in [0.15, 0.2) is 12.2 Å². The summed E-state index contributed by atoms with van der Waals surface area (Å²) >= 11 is 0. The first-order valence-corrected chi connectivity index (χ1v) is 13.8. The number of fused-ring (bicyclic) bond motifs is 7. The zero-order valence-corrected chi connectivity index (χ0v) is 22.0. The number of carboxylic acid groups (broad SMARTS) is 1. The summed E-state index contributed by atoms with van der Waals surface area (Å²) < 4.78 is 0. The van der Waals surface area contributed by atoms with E-state index in [4.69, 9.17) is 0 Å². The summed E-state index contributed by atoms with van der Waals surface area (Å²) in [5.74, 6) is 1.79. The van der Waals surface area contributed by atoms with Crippen LogP contribution in [-0.2, 0) is 4.79 Å². The van der Waals surface area contributed by atoms with Crippen molar-refractivity contribution in [1.29, 1.82) is 0 Å².